The van der Waals surface area contributed by atoms with Gasteiger partial charge in [0.15, 0.2) is 5.69 Å². The van der Waals surface area contributed by atoms with E-state index in [4.69, 9.17) is 9.84 Å². The third-order valence-corrected chi connectivity index (χ3v) is 5.40. The van der Waals surface area contributed by atoms with E-state index in [-0.39, 0.29) is 31.4 Å². The van der Waals surface area contributed by atoms with Crippen molar-refractivity contribution in [3.63, 3.8) is 0 Å². The number of aromatic nitrogens is 3. The van der Waals surface area contributed by atoms with Crippen molar-refractivity contribution in [3.8, 4) is 22.6 Å². The third kappa shape index (κ3) is 5.76. The van der Waals surface area contributed by atoms with Crippen molar-refractivity contribution in [2.45, 2.75) is 13.5 Å². The fourth-order valence-electron chi connectivity index (χ4n) is 3.63. The molecule has 3 aromatic carbocycles. The van der Waals surface area contributed by atoms with Gasteiger partial charge in [-0.1, -0.05) is 47.7 Å². The molecule has 2 amide bonds. The van der Waals surface area contributed by atoms with Gasteiger partial charge in [-0.3, -0.25) is 9.59 Å². The van der Waals surface area contributed by atoms with Gasteiger partial charge in [-0.2, -0.15) is 0 Å². The van der Waals surface area contributed by atoms with Crippen molar-refractivity contribution in [2.75, 3.05) is 19.7 Å². The first kappa shape index (κ1) is 24.6. The Hall–Kier alpha value is -4.50. The van der Waals surface area contributed by atoms with Crippen LogP contribution in [-0.4, -0.2) is 51.6 Å². The molecule has 1 heterocycles. The van der Waals surface area contributed by atoms with Crippen LogP contribution < -0.4 is 15.4 Å². The molecule has 9 heteroatoms. The quantitative estimate of drug-likeness (QED) is 0.318. The molecule has 3 N–H and O–H groups in total. The monoisotopic (exact) mass is 485 g/mol. The summed E-state index contributed by atoms with van der Waals surface area (Å²) in [7, 11) is 0. The molecule has 0 aliphatic heterocycles. The summed E-state index contributed by atoms with van der Waals surface area (Å²) in [5.74, 6) is -0.0168. The minimum Gasteiger partial charge on any atom is -0.487 e. The second-order valence-corrected chi connectivity index (χ2v) is 7.86. The summed E-state index contributed by atoms with van der Waals surface area (Å²) in [6.07, 6.45) is 0. The second kappa shape index (κ2) is 11.8. The molecule has 4 rings (SSSR count). The first-order valence-corrected chi connectivity index (χ1v) is 11.6. The summed E-state index contributed by atoms with van der Waals surface area (Å²) in [5.41, 5.74) is 3.72. The van der Waals surface area contributed by atoms with Gasteiger partial charge >= 0.3 is 0 Å². The predicted molar refractivity (Wildman–Crippen MR) is 135 cm³/mol. The Kier molecular flexibility index (Phi) is 8.05. The van der Waals surface area contributed by atoms with Crippen molar-refractivity contribution in [2.24, 2.45) is 0 Å². The zero-order valence-corrected chi connectivity index (χ0v) is 19.8. The van der Waals surface area contributed by atoms with Crippen LogP contribution in [0.25, 0.3) is 16.8 Å². The number of carbonyl (C=O) groups excluding carboxylic acids is 2. The Morgan fingerprint density at radius 3 is 2.39 bits per heavy atom. The molecule has 0 saturated heterocycles. The highest BCUT2D eigenvalue weighted by Crippen LogP contribution is 2.25. The molecular weight excluding hydrogens is 458 g/mol. The molecule has 0 atom stereocenters. The molecule has 0 spiro atoms. The van der Waals surface area contributed by atoms with Crippen molar-refractivity contribution in [3.05, 3.63) is 95.8 Å². The van der Waals surface area contributed by atoms with E-state index in [0.29, 0.717) is 29.2 Å². The van der Waals surface area contributed by atoms with Gasteiger partial charge < -0.3 is 20.5 Å². The highest BCUT2D eigenvalue weighted by molar-refractivity contribution is 5.94. The Morgan fingerprint density at radius 1 is 0.917 bits per heavy atom. The number of carbonyl (C=O) groups is 2. The molecule has 184 valence electrons. The number of aliphatic hydroxyl groups is 1. The molecule has 0 fully saturated rings. The molecule has 4 aromatic rings. The summed E-state index contributed by atoms with van der Waals surface area (Å²) in [4.78, 5) is 24.8. The summed E-state index contributed by atoms with van der Waals surface area (Å²) in [5, 5.41) is 22.7. The normalized spacial score (nSPS) is 10.6. The molecule has 36 heavy (non-hydrogen) atoms. The van der Waals surface area contributed by atoms with Crippen LogP contribution in [-0.2, 0) is 6.61 Å². The fraction of sp³-hybridized carbons (Fsp3) is 0.185. The number of rotatable bonds is 10. The lowest BCUT2D eigenvalue weighted by molar-refractivity contribution is 0.0934. The summed E-state index contributed by atoms with van der Waals surface area (Å²) >= 11 is 0. The van der Waals surface area contributed by atoms with E-state index in [9.17, 15) is 9.59 Å². The van der Waals surface area contributed by atoms with Gasteiger partial charge in [-0.15, -0.1) is 5.10 Å². The molecule has 0 bridgehead atoms. The van der Waals surface area contributed by atoms with Crippen LogP contribution in [0.2, 0.25) is 0 Å². The van der Waals surface area contributed by atoms with Crippen LogP contribution in [0.4, 0.5) is 0 Å². The lowest BCUT2D eigenvalue weighted by Crippen LogP contribution is -2.28. The maximum atomic E-state index is 12.7. The summed E-state index contributed by atoms with van der Waals surface area (Å²) in [6, 6.07) is 24.4. The molecule has 1 aromatic heterocycles. The van der Waals surface area contributed by atoms with E-state index >= 15 is 0 Å². The smallest absolute Gasteiger partial charge is 0.274 e. The lowest BCUT2D eigenvalue weighted by atomic mass is 10.1. The van der Waals surface area contributed by atoms with E-state index in [1.807, 2.05) is 61.5 Å². The van der Waals surface area contributed by atoms with E-state index in [2.05, 4.69) is 20.9 Å². The number of ether oxygens (including phenoxy) is 1. The van der Waals surface area contributed by atoms with E-state index < -0.39 is 5.91 Å². The minimum atomic E-state index is -0.467. The van der Waals surface area contributed by atoms with Crippen LogP contribution in [0.5, 0.6) is 5.75 Å². The molecule has 9 nitrogen and oxygen atoms in total. The molecule has 0 unspecified atom stereocenters. The average molecular weight is 486 g/mol. The summed E-state index contributed by atoms with van der Waals surface area (Å²) in [6.45, 7) is 2.30. The van der Waals surface area contributed by atoms with Gasteiger partial charge in [-0.25, -0.2) is 4.68 Å². The van der Waals surface area contributed by atoms with Gasteiger partial charge in [0.2, 0.25) is 0 Å². The van der Waals surface area contributed by atoms with Gasteiger partial charge in [-0.05, 0) is 54.4 Å². The number of amides is 2. The predicted octanol–water partition coefficient (Wildman–Crippen LogP) is 2.99. The fourth-order valence-corrected chi connectivity index (χ4v) is 3.63. The van der Waals surface area contributed by atoms with E-state index in [0.717, 1.165) is 11.1 Å². The Morgan fingerprint density at radius 2 is 1.67 bits per heavy atom. The number of hydrogen-bond donors (Lipinski definition) is 3. The first-order chi connectivity index (χ1) is 17.6. The van der Waals surface area contributed by atoms with Crippen molar-refractivity contribution < 1.29 is 19.4 Å². The zero-order chi connectivity index (χ0) is 25.3. The number of nitrogens with one attached hydrogen (secondary N) is 2. The Balaban J connectivity index is 1.61. The topological polar surface area (TPSA) is 118 Å². The van der Waals surface area contributed by atoms with Crippen LogP contribution in [0.3, 0.4) is 0 Å². The maximum Gasteiger partial charge on any atom is 0.274 e. The van der Waals surface area contributed by atoms with Gasteiger partial charge in [0.05, 0.1) is 12.3 Å². The average Bonchev–Trinajstić information content (AvgIpc) is 3.35. The van der Waals surface area contributed by atoms with E-state index in [1.54, 1.807) is 24.3 Å². The zero-order valence-electron chi connectivity index (χ0n) is 19.8. The Bertz CT molecular complexity index is 1320. The molecule has 0 aliphatic carbocycles. The molecular formula is C27H27N5O4. The number of nitrogens with zero attached hydrogens (tertiary/aromatic N) is 3. The van der Waals surface area contributed by atoms with Crippen molar-refractivity contribution in [1.29, 1.82) is 0 Å². The second-order valence-electron chi connectivity index (χ2n) is 7.86. The molecule has 0 aliphatic rings. The largest absolute Gasteiger partial charge is 0.487 e. The van der Waals surface area contributed by atoms with Crippen molar-refractivity contribution in [1.82, 2.24) is 25.6 Å². The van der Waals surface area contributed by atoms with Gasteiger partial charge in [0, 0.05) is 18.7 Å². The highest BCUT2D eigenvalue weighted by atomic mass is 16.5. The van der Waals surface area contributed by atoms with Crippen LogP contribution in [0.15, 0.2) is 78.9 Å². The van der Waals surface area contributed by atoms with Gasteiger partial charge in [0.1, 0.15) is 18.1 Å². The number of aliphatic hydroxyl groups excluding tert-OH is 1. The van der Waals surface area contributed by atoms with E-state index in [1.165, 1.54) is 4.68 Å². The molecule has 0 saturated carbocycles. The Labute approximate surface area is 208 Å². The maximum absolute atomic E-state index is 12.7. The third-order valence-electron chi connectivity index (χ3n) is 5.40. The molecule has 0 radical (unpaired) electrons. The van der Waals surface area contributed by atoms with Crippen LogP contribution in [0.1, 0.15) is 33.5 Å². The van der Waals surface area contributed by atoms with Crippen LogP contribution in [0, 0.1) is 0 Å². The van der Waals surface area contributed by atoms with Crippen molar-refractivity contribution >= 4 is 11.8 Å². The number of hydrogen-bond acceptors (Lipinski definition) is 6. The van der Waals surface area contributed by atoms with Gasteiger partial charge in [0.25, 0.3) is 11.8 Å². The summed E-state index contributed by atoms with van der Waals surface area (Å²) < 4.78 is 7.58. The lowest BCUT2D eigenvalue weighted by Gasteiger charge is -2.12. The first-order valence-electron chi connectivity index (χ1n) is 11.6. The number of benzene rings is 3. The standard InChI is InChI=1S/C27H27N5O4/c1-2-28-26(34)20-11-13-22(14-12-20)32-24(25(30-31-32)27(35)29-15-16-33)18-36-23-10-6-9-21(17-23)19-7-4-3-5-8-19/h3-14,17,33H,2,15-16,18H2,1H3,(H,28,34)(H,29,35). The minimum absolute atomic E-state index is 0.0190. The highest BCUT2D eigenvalue weighted by Gasteiger charge is 2.21. The van der Waals surface area contributed by atoms with Crippen LogP contribution >= 0.6 is 0 Å². The SMILES string of the molecule is CCNC(=O)c1ccc(-n2nnc(C(=O)NCCO)c2COc2cccc(-c3ccccc3)c2)cc1.